The molecule has 0 saturated heterocycles. The monoisotopic (exact) mass is 400 g/mol. The van der Waals surface area contributed by atoms with Gasteiger partial charge in [0, 0.05) is 17.8 Å². The minimum Gasteiger partial charge on any atom is -0.395 e. The van der Waals surface area contributed by atoms with Gasteiger partial charge in [-0.2, -0.15) is 14.9 Å². The molecule has 10 heteroatoms. The molecule has 2 aromatic heterocycles. The van der Waals surface area contributed by atoms with Crippen LogP contribution in [0.25, 0.3) is 16.9 Å². The van der Waals surface area contributed by atoms with Crippen LogP contribution in [0.3, 0.4) is 0 Å². The van der Waals surface area contributed by atoms with Gasteiger partial charge in [-0.25, -0.2) is 4.98 Å². The summed E-state index contributed by atoms with van der Waals surface area (Å²) in [4.78, 5) is 20.9. The molecule has 0 aliphatic rings. The number of aliphatic hydroxyl groups is 1. The van der Waals surface area contributed by atoms with E-state index in [-0.39, 0.29) is 19.1 Å². The lowest BCUT2D eigenvalue weighted by atomic mass is 10.2. The van der Waals surface area contributed by atoms with Gasteiger partial charge >= 0.3 is 0 Å². The molecule has 10 nitrogen and oxygen atoms in total. The molecule has 1 amide bonds. The van der Waals surface area contributed by atoms with Crippen LogP contribution in [0.1, 0.15) is 15.9 Å². The summed E-state index contributed by atoms with van der Waals surface area (Å²) < 4.78 is 1.52. The Kier molecular flexibility index (Phi) is 5.27. The fraction of sp³-hybridized carbons (Fsp3) is 0.100. The Hall–Kier alpha value is -4.36. The number of carbonyl (C=O) groups is 1. The zero-order valence-electron chi connectivity index (χ0n) is 15.6. The van der Waals surface area contributed by atoms with Crippen molar-refractivity contribution in [2.75, 3.05) is 18.5 Å². The van der Waals surface area contributed by atoms with Crippen LogP contribution < -0.4 is 10.6 Å². The summed E-state index contributed by atoms with van der Waals surface area (Å²) in [5.41, 5.74) is 3.29. The number of rotatable bonds is 6. The van der Waals surface area contributed by atoms with E-state index in [0.29, 0.717) is 33.9 Å². The average Bonchev–Trinajstić information content (AvgIpc) is 3.21. The highest BCUT2D eigenvalue weighted by molar-refractivity contribution is 5.94. The van der Waals surface area contributed by atoms with E-state index in [1.165, 1.54) is 4.68 Å². The summed E-state index contributed by atoms with van der Waals surface area (Å²) in [6.45, 7) is 0.0397. The van der Waals surface area contributed by atoms with E-state index < -0.39 is 0 Å². The maximum Gasteiger partial charge on any atom is 0.251 e. The van der Waals surface area contributed by atoms with E-state index >= 15 is 0 Å². The number of carbonyl (C=O) groups excluding carboxylic acids is 1. The molecule has 2 heterocycles. The van der Waals surface area contributed by atoms with Crippen molar-refractivity contribution < 1.29 is 9.90 Å². The van der Waals surface area contributed by atoms with Gasteiger partial charge in [-0.15, -0.1) is 5.10 Å². The summed E-state index contributed by atoms with van der Waals surface area (Å²) >= 11 is 0. The molecule has 0 bridgehead atoms. The molecule has 0 fully saturated rings. The number of nitrogens with zero attached hydrogens (tertiary/aromatic N) is 6. The molecule has 0 saturated carbocycles. The summed E-state index contributed by atoms with van der Waals surface area (Å²) in [5.74, 6) is 0.0423. The van der Waals surface area contributed by atoms with Gasteiger partial charge < -0.3 is 15.7 Å². The van der Waals surface area contributed by atoms with Crippen molar-refractivity contribution in [3.05, 3.63) is 65.9 Å². The smallest absolute Gasteiger partial charge is 0.251 e. The lowest BCUT2D eigenvalue weighted by Gasteiger charge is -2.07. The van der Waals surface area contributed by atoms with Crippen molar-refractivity contribution >= 4 is 28.7 Å². The van der Waals surface area contributed by atoms with E-state index in [2.05, 4.69) is 37.0 Å². The quantitative estimate of drug-likeness (QED) is 0.442. The van der Waals surface area contributed by atoms with E-state index in [0.717, 1.165) is 5.69 Å². The average molecular weight is 400 g/mol. The van der Waals surface area contributed by atoms with Crippen LogP contribution in [0.4, 0.5) is 11.6 Å². The fourth-order valence-corrected chi connectivity index (χ4v) is 2.77. The van der Waals surface area contributed by atoms with Crippen LogP contribution in [-0.4, -0.2) is 49.1 Å². The van der Waals surface area contributed by atoms with Crippen LogP contribution in [-0.2, 0) is 0 Å². The highest BCUT2D eigenvalue weighted by Crippen LogP contribution is 2.19. The lowest BCUT2D eigenvalue weighted by Crippen LogP contribution is -2.26. The van der Waals surface area contributed by atoms with Crippen LogP contribution in [0.5, 0.6) is 0 Å². The summed E-state index contributed by atoms with van der Waals surface area (Å²) in [6, 6.07) is 15.8. The molecule has 0 radical (unpaired) electrons. The molecule has 0 aliphatic carbocycles. The van der Waals surface area contributed by atoms with E-state index in [1.54, 1.807) is 54.7 Å². The Morgan fingerprint density at radius 1 is 1.20 bits per heavy atom. The standard InChI is InChI=1S/C20H16N8O2/c21-11-13-4-6-15(7-5-13)24-20-23-12-17-18(25-20)28(27-26-17)16-3-1-2-14(10-16)19(30)22-8-9-29/h1-7,10,12,29H,8-9H2,(H,22,30)(H,23,24,25). The number of anilines is 2. The summed E-state index contributed by atoms with van der Waals surface area (Å²) in [5, 5.41) is 31.7. The predicted molar refractivity (Wildman–Crippen MR) is 108 cm³/mol. The minimum absolute atomic E-state index is 0.134. The van der Waals surface area contributed by atoms with Gasteiger partial charge in [0.1, 0.15) is 0 Å². The molecule has 0 spiro atoms. The molecule has 3 N–H and O–H groups in total. The molecule has 0 unspecified atom stereocenters. The normalized spacial score (nSPS) is 10.5. The van der Waals surface area contributed by atoms with Gasteiger partial charge in [-0.3, -0.25) is 4.79 Å². The molecule has 4 aromatic rings. The summed E-state index contributed by atoms with van der Waals surface area (Å²) in [7, 11) is 0. The predicted octanol–water partition coefficient (Wildman–Crippen LogP) is 1.55. The van der Waals surface area contributed by atoms with Crippen LogP contribution >= 0.6 is 0 Å². The number of hydrogen-bond acceptors (Lipinski definition) is 8. The van der Waals surface area contributed by atoms with Crippen LogP contribution in [0.15, 0.2) is 54.7 Å². The SMILES string of the molecule is N#Cc1ccc(Nc2ncc3nnn(-c4cccc(C(=O)NCCO)c4)c3n2)cc1. The third kappa shape index (κ3) is 3.91. The molecule has 0 aliphatic heterocycles. The molecule has 148 valence electrons. The molecule has 0 atom stereocenters. The third-order valence-corrected chi connectivity index (χ3v) is 4.21. The molecule has 2 aromatic carbocycles. The van der Waals surface area contributed by atoms with Crippen LogP contribution in [0, 0.1) is 11.3 Å². The van der Waals surface area contributed by atoms with Gasteiger partial charge in [0.2, 0.25) is 5.95 Å². The maximum atomic E-state index is 12.2. The van der Waals surface area contributed by atoms with Crippen molar-refractivity contribution in [1.29, 1.82) is 5.26 Å². The number of nitrogens with one attached hydrogen (secondary N) is 2. The van der Waals surface area contributed by atoms with Gasteiger partial charge in [-0.1, -0.05) is 11.3 Å². The first-order valence-electron chi connectivity index (χ1n) is 9.03. The molecular weight excluding hydrogens is 384 g/mol. The first kappa shape index (κ1) is 19.0. The fourth-order valence-electron chi connectivity index (χ4n) is 2.77. The zero-order valence-corrected chi connectivity index (χ0v) is 15.6. The van der Waals surface area contributed by atoms with E-state index in [1.807, 2.05) is 0 Å². The van der Waals surface area contributed by atoms with Gasteiger partial charge in [0.05, 0.1) is 30.1 Å². The zero-order chi connectivity index (χ0) is 20.9. The topological polar surface area (TPSA) is 142 Å². The Labute approximate surface area is 170 Å². The highest BCUT2D eigenvalue weighted by Gasteiger charge is 2.12. The maximum absolute atomic E-state index is 12.2. The Balaban J connectivity index is 1.64. The van der Waals surface area contributed by atoms with Crippen molar-refractivity contribution in [1.82, 2.24) is 30.3 Å². The first-order valence-corrected chi connectivity index (χ1v) is 9.03. The molecule has 4 rings (SSSR count). The van der Waals surface area contributed by atoms with Gasteiger partial charge in [0.15, 0.2) is 11.2 Å². The Morgan fingerprint density at radius 3 is 2.80 bits per heavy atom. The highest BCUT2D eigenvalue weighted by atomic mass is 16.3. The van der Waals surface area contributed by atoms with E-state index in [4.69, 9.17) is 10.4 Å². The first-order chi connectivity index (χ1) is 14.7. The number of aromatic nitrogens is 5. The second-order valence-corrected chi connectivity index (χ2v) is 6.25. The Bertz CT molecular complexity index is 1240. The number of amides is 1. The van der Waals surface area contributed by atoms with Crippen LogP contribution in [0.2, 0.25) is 0 Å². The van der Waals surface area contributed by atoms with E-state index in [9.17, 15) is 4.79 Å². The number of fused-ring (bicyclic) bond motifs is 1. The third-order valence-electron chi connectivity index (χ3n) is 4.21. The van der Waals surface area contributed by atoms with Gasteiger partial charge in [-0.05, 0) is 42.5 Å². The number of hydrogen-bond donors (Lipinski definition) is 3. The molecule has 30 heavy (non-hydrogen) atoms. The number of aliphatic hydroxyl groups excluding tert-OH is 1. The second-order valence-electron chi connectivity index (χ2n) is 6.25. The largest absolute Gasteiger partial charge is 0.395 e. The number of benzene rings is 2. The molecular formula is C20H16N8O2. The van der Waals surface area contributed by atoms with Crippen molar-refractivity contribution in [2.45, 2.75) is 0 Å². The summed E-state index contributed by atoms with van der Waals surface area (Å²) in [6.07, 6.45) is 1.55. The number of nitriles is 1. The lowest BCUT2D eigenvalue weighted by molar-refractivity contribution is 0.0944. The van der Waals surface area contributed by atoms with Gasteiger partial charge in [0.25, 0.3) is 5.91 Å². The second kappa shape index (κ2) is 8.34. The Morgan fingerprint density at radius 2 is 2.03 bits per heavy atom. The van der Waals surface area contributed by atoms with Crippen molar-refractivity contribution in [2.24, 2.45) is 0 Å². The van der Waals surface area contributed by atoms with Crippen molar-refractivity contribution in [3.63, 3.8) is 0 Å². The minimum atomic E-state index is -0.298. The van der Waals surface area contributed by atoms with Crippen molar-refractivity contribution in [3.8, 4) is 11.8 Å².